The van der Waals surface area contributed by atoms with Gasteiger partial charge in [-0.1, -0.05) is 6.42 Å². The van der Waals surface area contributed by atoms with Crippen LogP contribution in [0.2, 0.25) is 0 Å². The number of aliphatic hydroxyl groups is 1. The lowest BCUT2D eigenvalue weighted by Gasteiger charge is -2.41. The number of methoxy groups -OCH3 is 2. The number of rotatable bonds is 4. The molecule has 5 heteroatoms. The third kappa shape index (κ3) is 2.70. The van der Waals surface area contributed by atoms with Gasteiger partial charge in [-0.25, -0.2) is 0 Å². The van der Waals surface area contributed by atoms with Crippen LogP contribution in [0.1, 0.15) is 19.3 Å². The first kappa shape index (κ1) is 14.2. The number of nitrogens with zero attached hydrogens (tertiary/aromatic N) is 1. The van der Waals surface area contributed by atoms with E-state index in [9.17, 15) is 5.11 Å². The Balaban J connectivity index is 2.04. The average Bonchev–Trinajstić information content (AvgIpc) is 2.83. The molecule has 5 unspecified atom stereocenters. The van der Waals surface area contributed by atoms with Gasteiger partial charge in [0.25, 0.3) is 0 Å². The summed E-state index contributed by atoms with van der Waals surface area (Å²) in [7, 11) is 5.49. The van der Waals surface area contributed by atoms with Gasteiger partial charge >= 0.3 is 0 Å². The molecule has 106 valence electrons. The Hall–Kier alpha value is -0.200. The Morgan fingerprint density at radius 3 is 2.61 bits per heavy atom. The lowest BCUT2D eigenvalue weighted by molar-refractivity contribution is -0.126. The van der Waals surface area contributed by atoms with Crippen LogP contribution in [-0.2, 0) is 9.47 Å². The molecule has 0 spiro atoms. The van der Waals surface area contributed by atoms with Crippen molar-refractivity contribution < 1.29 is 14.6 Å². The van der Waals surface area contributed by atoms with E-state index in [0.717, 1.165) is 32.4 Å². The van der Waals surface area contributed by atoms with E-state index in [1.165, 1.54) is 0 Å². The van der Waals surface area contributed by atoms with Crippen LogP contribution in [-0.4, -0.2) is 68.8 Å². The van der Waals surface area contributed by atoms with Gasteiger partial charge in [0.05, 0.1) is 24.5 Å². The van der Waals surface area contributed by atoms with Crippen LogP contribution >= 0.6 is 0 Å². The lowest BCUT2D eigenvalue weighted by Crippen LogP contribution is -2.54. The van der Waals surface area contributed by atoms with Gasteiger partial charge in [-0.3, -0.25) is 10.2 Å². The topological polar surface area (TPSA) is 54.0 Å². The average molecular weight is 258 g/mol. The fraction of sp³-hybridized carbons (Fsp3) is 1.00. The third-order valence-electron chi connectivity index (χ3n) is 4.44. The zero-order chi connectivity index (χ0) is 13.1. The lowest BCUT2D eigenvalue weighted by atomic mass is 9.79. The van der Waals surface area contributed by atoms with Crippen LogP contribution in [0.5, 0.6) is 0 Å². The number of hydrogen-bond donors (Lipinski definition) is 2. The highest BCUT2D eigenvalue weighted by Gasteiger charge is 2.42. The van der Waals surface area contributed by atoms with Crippen molar-refractivity contribution in [3.63, 3.8) is 0 Å². The molecule has 0 aromatic heterocycles. The van der Waals surface area contributed by atoms with E-state index in [1.54, 1.807) is 14.2 Å². The molecule has 0 bridgehead atoms. The van der Waals surface area contributed by atoms with Crippen molar-refractivity contribution in [1.29, 1.82) is 0 Å². The smallest absolute Gasteiger partial charge is 0.0886 e. The molecule has 0 aromatic carbocycles. The minimum Gasteiger partial charge on any atom is -0.390 e. The van der Waals surface area contributed by atoms with Gasteiger partial charge < -0.3 is 14.6 Å². The maximum atomic E-state index is 10.6. The van der Waals surface area contributed by atoms with Gasteiger partial charge in [-0.05, 0) is 19.9 Å². The van der Waals surface area contributed by atoms with Crippen LogP contribution in [0.15, 0.2) is 0 Å². The Labute approximate surface area is 109 Å². The molecule has 0 amide bonds. The third-order valence-corrected chi connectivity index (χ3v) is 4.44. The standard InChI is InChI=1S/C13H26N2O3/c1-15-8-7-14-13(15)11(16)9-5-4-6-10(17-2)12(9)18-3/h9-14,16H,4-8H2,1-3H3. The molecule has 2 rings (SSSR count). The fourth-order valence-electron chi connectivity index (χ4n) is 3.40. The van der Waals surface area contributed by atoms with Crippen molar-refractivity contribution >= 4 is 0 Å². The van der Waals surface area contributed by atoms with E-state index in [0.29, 0.717) is 0 Å². The molecule has 18 heavy (non-hydrogen) atoms. The minimum atomic E-state index is -0.402. The predicted molar refractivity (Wildman–Crippen MR) is 69.4 cm³/mol. The van der Waals surface area contributed by atoms with Crippen molar-refractivity contribution in [2.75, 3.05) is 34.4 Å². The maximum absolute atomic E-state index is 10.6. The summed E-state index contributed by atoms with van der Waals surface area (Å²) in [6, 6.07) is 0. The highest BCUT2D eigenvalue weighted by atomic mass is 16.5. The Bertz CT molecular complexity index is 265. The molecular formula is C13H26N2O3. The molecule has 1 aliphatic heterocycles. The van der Waals surface area contributed by atoms with Gasteiger partial charge in [0.2, 0.25) is 0 Å². The first-order valence-electron chi connectivity index (χ1n) is 6.86. The largest absolute Gasteiger partial charge is 0.390 e. The molecule has 2 aliphatic rings. The van der Waals surface area contributed by atoms with Gasteiger partial charge in [0.15, 0.2) is 0 Å². The predicted octanol–water partition coefficient (Wildman–Crippen LogP) is 0.0385. The summed E-state index contributed by atoms with van der Waals surface area (Å²) in [5.41, 5.74) is 0. The van der Waals surface area contributed by atoms with Gasteiger partial charge in [0.1, 0.15) is 0 Å². The second-order valence-electron chi connectivity index (χ2n) is 5.44. The molecule has 0 aromatic rings. The van der Waals surface area contributed by atoms with E-state index in [2.05, 4.69) is 10.2 Å². The number of nitrogens with one attached hydrogen (secondary N) is 1. The maximum Gasteiger partial charge on any atom is 0.0886 e. The first-order chi connectivity index (χ1) is 8.69. The SMILES string of the molecule is COC1CCCC(C(O)C2NCCN2C)C1OC. The highest BCUT2D eigenvalue weighted by molar-refractivity contribution is 4.93. The van der Waals surface area contributed by atoms with E-state index in [-0.39, 0.29) is 24.3 Å². The van der Waals surface area contributed by atoms with Crippen LogP contribution in [0.3, 0.4) is 0 Å². The molecular weight excluding hydrogens is 232 g/mol. The minimum absolute atomic E-state index is 0.00505. The van der Waals surface area contributed by atoms with Gasteiger partial charge in [-0.15, -0.1) is 0 Å². The van der Waals surface area contributed by atoms with Crippen molar-refractivity contribution in [3.8, 4) is 0 Å². The zero-order valence-corrected chi connectivity index (χ0v) is 11.6. The van der Waals surface area contributed by atoms with Crippen molar-refractivity contribution in [3.05, 3.63) is 0 Å². The number of hydrogen-bond acceptors (Lipinski definition) is 5. The molecule has 2 N–H and O–H groups in total. The Morgan fingerprint density at radius 2 is 2.06 bits per heavy atom. The van der Waals surface area contributed by atoms with Crippen molar-refractivity contribution in [2.45, 2.75) is 43.7 Å². The summed E-state index contributed by atoms with van der Waals surface area (Å²) in [4.78, 5) is 2.17. The first-order valence-corrected chi connectivity index (χ1v) is 6.86. The second kappa shape index (κ2) is 6.30. The number of ether oxygens (including phenoxy) is 2. The molecule has 1 aliphatic carbocycles. The summed E-state index contributed by atoms with van der Waals surface area (Å²) in [5, 5.41) is 14.0. The summed E-state index contributed by atoms with van der Waals surface area (Å²) < 4.78 is 11.1. The van der Waals surface area contributed by atoms with Crippen LogP contribution in [0, 0.1) is 5.92 Å². The van der Waals surface area contributed by atoms with Crippen molar-refractivity contribution in [2.24, 2.45) is 5.92 Å². The highest BCUT2D eigenvalue weighted by Crippen LogP contribution is 2.32. The van der Waals surface area contributed by atoms with Crippen LogP contribution < -0.4 is 5.32 Å². The van der Waals surface area contributed by atoms with E-state index >= 15 is 0 Å². The monoisotopic (exact) mass is 258 g/mol. The van der Waals surface area contributed by atoms with Crippen molar-refractivity contribution in [1.82, 2.24) is 10.2 Å². The van der Waals surface area contributed by atoms with Gasteiger partial charge in [-0.2, -0.15) is 0 Å². The van der Waals surface area contributed by atoms with Gasteiger partial charge in [0, 0.05) is 33.2 Å². The Kier molecular flexibility index (Phi) is 4.98. The fourth-order valence-corrected chi connectivity index (χ4v) is 3.40. The van der Waals surface area contributed by atoms with E-state index in [4.69, 9.17) is 9.47 Å². The summed E-state index contributed by atoms with van der Waals surface area (Å²) in [6.45, 7) is 1.93. The summed E-state index contributed by atoms with van der Waals surface area (Å²) in [6.07, 6.45) is 2.86. The normalized spacial score (nSPS) is 40.0. The zero-order valence-electron chi connectivity index (χ0n) is 11.6. The second-order valence-corrected chi connectivity index (χ2v) is 5.44. The molecule has 1 heterocycles. The van der Waals surface area contributed by atoms with Crippen LogP contribution in [0.4, 0.5) is 0 Å². The molecule has 5 atom stereocenters. The molecule has 1 saturated heterocycles. The van der Waals surface area contributed by atoms with E-state index in [1.807, 2.05) is 7.05 Å². The van der Waals surface area contributed by atoms with E-state index < -0.39 is 6.10 Å². The van der Waals surface area contributed by atoms with Crippen LogP contribution in [0.25, 0.3) is 0 Å². The summed E-state index contributed by atoms with van der Waals surface area (Å²) in [5.74, 6) is 0.145. The molecule has 2 fully saturated rings. The molecule has 5 nitrogen and oxygen atoms in total. The Morgan fingerprint density at radius 1 is 1.28 bits per heavy atom. The summed E-state index contributed by atoms with van der Waals surface area (Å²) >= 11 is 0. The number of likely N-dealkylation sites (N-methyl/N-ethyl adjacent to an activating group) is 1. The number of aliphatic hydroxyl groups excluding tert-OH is 1. The molecule has 1 saturated carbocycles. The molecule has 0 radical (unpaired) electrons. The quantitative estimate of drug-likeness (QED) is 0.745.